The Balaban J connectivity index is 1.84. The highest BCUT2D eigenvalue weighted by Gasteiger charge is 2.17. The summed E-state index contributed by atoms with van der Waals surface area (Å²) in [5.74, 6) is 0. The molecule has 0 aliphatic heterocycles. The number of rotatable bonds is 2. The second-order valence-corrected chi connectivity index (χ2v) is 6.18. The Labute approximate surface area is 112 Å². The molecule has 0 amide bonds. The Morgan fingerprint density at radius 3 is 3.11 bits per heavy atom. The van der Waals surface area contributed by atoms with Crippen LogP contribution in [0.25, 0.3) is 0 Å². The summed E-state index contributed by atoms with van der Waals surface area (Å²) >= 11 is 1.71. The molecule has 0 fully saturated rings. The Bertz CT molecular complexity index is 541. The maximum absolute atomic E-state index is 6.23. The van der Waals surface area contributed by atoms with Crippen LogP contribution in [0, 0.1) is 6.92 Å². The van der Waals surface area contributed by atoms with E-state index in [0.29, 0.717) is 0 Å². The van der Waals surface area contributed by atoms with Gasteiger partial charge in [-0.1, -0.05) is 6.42 Å². The first-order chi connectivity index (χ1) is 8.72. The molecule has 2 aromatic heterocycles. The molecule has 1 unspecified atom stereocenters. The molecule has 3 rings (SSSR count). The van der Waals surface area contributed by atoms with E-state index in [1.165, 1.54) is 30.4 Å². The predicted molar refractivity (Wildman–Crippen MR) is 74.9 cm³/mol. The zero-order valence-corrected chi connectivity index (χ0v) is 11.5. The van der Waals surface area contributed by atoms with Crippen molar-refractivity contribution in [1.82, 2.24) is 9.55 Å². The predicted octanol–water partition coefficient (Wildman–Crippen LogP) is 3.03. The SMILES string of the molecule is Cc1nc(Cn2cc3c(c2)C(N)CCCC3)cs1. The largest absolute Gasteiger partial charge is 0.348 e. The van der Waals surface area contributed by atoms with Crippen LogP contribution in [0.2, 0.25) is 0 Å². The minimum absolute atomic E-state index is 0.223. The molecule has 2 N–H and O–H groups in total. The normalized spacial score (nSPS) is 19.6. The third-order valence-corrected chi connectivity index (χ3v) is 4.44. The molecule has 4 heteroatoms. The lowest BCUT2D eigenvalue weighted by Crippen LogP contribution is -2.09. The first-order valence-corrected chi connectivity index (χ1v) is 7.45. The van der Waals surface area contributed by atoms with Crippen LogP contribution < -0.4 is 5.73 Å². The Hall–Kier alpha value is -1.13. The van der Waals surface area contributed by atoms with Gasteiger partial charge in [0.15, 0.2) is 0 Å². The van der Waals surface area contributed by atoms with Crippen LogP contribution in [0.3, 0.4) is 0 Å². The lowest BCUT2D eigenvalue weighted by Gasteiger charge is -2.07. The van der Waals surface area contributed by atoms with Gasteiger partial charge in [-0.25, -0.2) is 4.98 Å². The van der Waals surface area contributed by atoms with E-state index in [2.05, 4.69) is 34.2 Å². The van der Waals surface area contributed by atoms with Crippen LogP contribution >= 0.6 is 11.3 Å². The van der Waals surface area contributed by atoms with Crippen molar-refractivity contribution >= 4 is 11.3 Å². The van der Waals surface area contributed by atoms with Crippen molar-refractivity contribution in [3.8, 4) is 0 Å². The number of nitrogens with zero attached hydrogens (tertiary/aromatic N) is 2. The van der Waals surface area contributed by atoms with Crippen molar-refractivity contribution < 1.29 is 0 Å². The van der Waals surface area contributed by atoms with E-state index in [1.54, 1.807) is 11.3 Å². The number of aromatic nitrogens is 2. The summed E-state index contributed by atoms with van der Waals surface area (Å²) in [4.78, 5) is 4.52. The Kier molecular flexibility index (Phi) is 3.22. The van der Waals surface area contributed by atoms with E-state index in [0.717, 1.165) is 23.7 Å². The van der Waals surface area contributed by atoms with Crippen molar-refractivity contribution in [2.45, 2.75) is 45.2 Å². The molecule has 0 saturated heterocycles. The van der Waals surface area contributed by atoms with Gasteiger partial charge in [-0.2, -0.15) is 0 Å². The molecular formula is C14H19N3S. The maximum Gasteiger partial charge on any atom is 0.0898 e. The van der Waals surface area contributed by atoms with E-state index in [9.17, 15) is 0 Å². The third kappa shape index (κ3) is 2.35. The molecule has 1 aliphatic rings. The monoisotopic (exact) mass is 261 g/mol. The third-order valence-electron chi connectivity index (χ3n) is 3.62. The van der Waals surface area contributed by atoms with Crippen LogP contribution in [0.15, 0.2) is 17.8 Å². The van der Waals surface area contributed by atoms with Crippen LogP contribution in [0.4, 0.5) is 0 Å². The lowest BCUT2D eigenvalue weighted by molar-refractivity contribution is 0.609. The number of hydrogen-bond donors (Lipinski definition) is 1. The Morgan fingerprint density at radius 2 is 2.33 bits per heavy atom. The fourth-order valence-electron chi connectivity index (χ4n) is 2.71. The van der Waals surface area contributed by atoms with Crippen molar-refractivity contribution in [2.24, 2.45) is 5.73 Å². The van der Waals surface area contributed by atoms with Gasteiger partial charge < -0.3 is 10.3 Å². The molecule has 1 atom stereocenters. The summed E-state index contributed by atoms with van der Waals surface area (Å²) in [5.41, 5.74) is 10.2. The summed E-state index contributed by atoms with van der Waals surface area (Å²) in [6, 6.07) is 0.223. The minimum atomic E-state index is 0.223. The summed E-state index contributed by atoms with van der Waals surface area (Å²) < 4.78 is 2.24. The fourth-order valence-corrected chi connectivity index (χ4v) is 3.31. The topological polar surface area (TPSA) is 43.8 Å². The second kappa shape index (κ2) is 4.86. The molecule has 0 bridgehead atoms. The zero-order valence-electron chi connectivity index (χ0n) is 10.7. The van der Waals surface area contributed by atoms with Gasteiger partial charge in [0.05, 0.1) is 17.2 Å². The van der Waals surface area contributed by atoms with E-state index < -0.39 is 0 Å². The number of hydrogen-bond acceptors (Lipinski definition) is 3. The molecule has 2 aromatic rings. The highest BCUT2D eigenvalue weighted by atomic mass is 32.1. The van der Waals surface area contributed by atoms with Gasteiger partial charge >= 0.3 is 0 Å². The van der Waals surface area contributed by atoms with E-state index in [4.69, 9.17) is 5.73 Å². The van der Waals surface area contributed by atoms with Crippen molar-refractivity contribution in [2.75, 3.05) is 0 Å². The van der Waals surface area contributed by atoms with Gasteiger partial charge in [-0.05, 0) is 37.3 Å². The first-order valence-electron chi connectivity index (χ1n) is 6.57. The summed E-state index contributed by atoms with van der Waals surface area (Å²) in [6.07, 6.45) is 9.29. The van der Waals surface area contributed by atoms with Gasteiger partial charge in [-0.3, -0.25) is 0 Å². The molecule has 2 heterocycles. The number of fused-ring (bicyclic) bond motifs is 1. The van der Waals surface area contributed by atoms with Gasteiger partial charge in [0.2, 0.25) is 0 Å². The molecule has 96 valence electrons. The summed E-state index contributed by atoms with van der Waals surface area (Å²) in [5, 5.41) is 3.27. The van der Waals surface area contributed by atoms with Crippen LogP contribution in [0.5, 0.6) is 0 Å². The molecule has 0 radical (unpaired) electrons. The van der Waals surface area contributed by atoms with E-state index in [-0.39, 0.29) is 6.04 Å². The van der Waals surface area contributed by atoms with Crippen LogP contribution in [-0.2, 0) is 13.0 Å². The zero-order chi connectivity index (χ0) is 12.5. The number of thiazole rings is 1. The minimum Gasteiger partial charge on any atom is -0.348 e. The smallest absolute Gasteiger partial charge is 0.0898 e. The lowest BCUT2D eigenvalue weighted by atomic mass is 10.1. The van der Waals surface area contributed by atoms with Crippen LogP contribution in [0.1, 0.15) is 47.1 Å². The molecule has 3 nitrogen and oxygen atoms in total. The van der Waals surface area contributed by atoms with E-state index in [1.807, 2.05) is 0 Å². The average Bonchev–Trinajstić information content (AvgIpc) is 2.88. The Morgan fingerprint density at radius 1 is 1.44 bits per heavy atom. The molecule has 0 spiro atoms. The quantitative estimate of drug-likeness (QED) is 0.844. The standard InChI is InChI=1S/C14H19N3S/c1-10-16-12(9-18-10)7-17-6-11-4-2-3-5-14(15)13(11)8-17/h6,8-9,14H,2-5,7,15H2,1H3. The molecule has 18 heavy (non-hydrogen) atoms. The van der Waals surface area contributed by atoms with Crippen molar-refractivity contribution in [3.05, 3.63) is 39.6 Å². The van der Waals surface area contributed by atoms with Gasteiger partial charge in [0.25, 0.3) is 0 Å². The van der Waals surface area contributed by atoms with Crippen LogP contribution in [-0.4, -0.2) is 9.55 Å². The average molecular weight is 261 g/mol. The fraction of sp³-hybridized carbons (Fsp3) is 0.500. The summed E-state index contributed by atoms with van der Waals surface area (Å²) in [7, 11) is 0. The highest BCUT2D eigenvalue weighted by molar-refractivity contribution is 7.09. The number of nitrogens with two attached hydrogens (primary N) is 1. The highest BCUT2D eigenvalue weighted by Crippen LogP contribution is 2.28. The van der Waals surface area contributed by atoms with Gasteiger partial charge in [0.1, 0.15) is 0 Å². The second-order valence-electron chi connectivity index (χ2n) is 5.12. The molecular weight excluding hydrogens is 242 g/mol. The molecule has 0 saturated carbocycles. The number of aryl methyl sites for hydroxylation is 2. The van der Waals surface area contributed by atoms with Crippen molar-refractivity contribution in [1.29, 1.82) is 0 Å². The summed E-state index contributed by atoms with van der Waals surface area (Å²) in [6.45, 7) is 2.92. The van der Waals surface area contributed by atoms with Gasteiger partial charge in [0, 0.05) is 23.8 Å². The maximum atomic E-state index is 6.23. The van der Waals surface area contributed by atoms with Crippen molar-refractivity contribution in [3.63, 3.8) is 0 Å². The molecule has 0 aromatic carbocycles. The van der Waals surface area contributed by atoms with E-state index >= 15 is 0 Å². The van der Waals surface area contributed by atoms with Gasteiger partial charge in [-0.15, -0.1) is 11.3 Å². The molecule has 1 aliphatic carbocycles. The first kappa shape index (κ1) is 11.9.